The first-order chi connectivity index (χ1) is 18.8. The Hall–Kier alpha value is -3.26. The van der Waals surface area contributed by atoms with E-state index in [0.29, 0.717) is 0 Å². The summed E-state index contributed by atoms with van der Waals surface area (Å²) < 4.78 is 12.5. The fraction of sp³-hybridized carbons (Fsp3) is 0.389. The average Bonchev–Trinajstić information content (AvgIpc) is 3.56. The van der Waals surface area contributed by atoms with Crippen LogP contribution in [0.1, 0.15) is 89.6 Å². The Balaban J connectivity index is 1.33. The van der Waals surface area contributed by atoms with E-state index in [0.717, 1.165) is 35.5 Å². The minimum Gasteiger partial charge on any atom is -0.461 e. The van der Waals surface area contributed by atoms with Crippen LogP contribution in [0.2, 0.25) is 0 Å². The second-order valence-corrected chi connectivity index (χ2v) is 11.1. The highest BCUT2D eigenvalue weighted by Crippen LogP contribution is 2.38. The van der Waals surface area contributed by atoms with Crippen molar-refractivity contribution in [2.45, 2.75) is 90.9 Å². The molecule has 0 aliphatic carbocycles. The van der Waals surface area contributed by atoms with Crippen LogP contribution in [-0.4, -0.2) is 0 Å². The molecule has 6 rings (SSSR count). The van der Waals surface area contributed by atoms with Crippen molar-refractivity contribution in [2.24, 2.45) is 0 Å². The van der Waals surface area contributed by atoms with Gasteiger partial charge in [-0.05, 0) is 69.4 Å². The third kappa shape index (κ3) is 4.82. The lowest BCUT2D eigenvalue weighted by molar-refractivity contribution is 0.524. The molecule has 0 radical (unpaired) electrons. The van der Waals surface area contributed by atoms with Gasteiger partial charge in [-0.15, -0.1) is 0 Å². The fourth-order valence-corrected chi connectivity index (χ4v) is 6.24. The maximum atomic E-state index is 6.25. The summed E-state index contributed by atoms with van der Waals surface area (Å²) in [6, 6.07) is 22.6. The van der Waals surface area contributed by atoms with Crippen molar-refractivity contribution in [3.8, 4) is 0 Å². The second-order valence-electron chi connectivity index (χ2n) is 11.1. The number of fused-ring (bicyclic) bond motifs is 9. The molecule has 0 N–H and O–H groups in total. The second kappa shape index (κ2) is 11.2. The van der Waals surface area contributed by atoms with Crippen LogP contribution in [0.15, 0.2) is 69.5 Å². The van der Waals surface area contributed by atoms with Gasteiger partial charge in [0.2, 0.25) is 0 Å². The lowest BCUT2D eigenvalue weighted by Crippen LogP contribution is -1.83. The summed E-state index contributed by atoms with van der Waals surface area (Å²) in [4.78, 5) is 0. The minimum absolute atomic E-state index is 1.00. The molecule has 0 saturated heterocycles. The number of hydrogen-bond donors (Lipinski definition) is 0. The lowest BCUT2D eigenvalue weighted by Gasteiger charge is -2.08. The third-order valence-corrected chi connectivity index (χ3v) is 8.34. The molecule has 0 atom stereocenters. The van der Waals surface area contributed by atoms with E-state index in [-0.39, 0.29) is 0 Å². The number of rotatable bonds is 12. The summed E-state index contributed by atoms with van der Waals surface area (Å²) in [5.74, 6) is 2.23. The van der Waals surface area contributed by atoms with Crippen molar-refractivity contribution in [2.75, 3.05) is 0 Å². The van der Waals surface area contributed by atoms with Gasteiger partial charge >= 0.3 is 0 Å². The van der Waals surface area contributed by atoms with Gasteiger partial charge in [-0.25, -0.2) is 0 Å². The maximum absolute atomic E-state index is 6.25. The van der Waals surface area contributed by atoms with Crippen LogP contribution < -0.4 is 0 Å². The van der Waals surface area contributed by atoms with E-state index >= 15 is 0 Å². The van der Waals surface area contributed by atoms with E-state index in [1.54, 1.807) is 0 Å². The number of unbranched alkanes of at least 4 members (excludes halogenated alkanes) is 8. The molecule has 196 valence electrons. The summed E-state index contributed by atoms with van der Waals surface area (Å²) in [6.07, 6.45) is 14.9. The molecular formula is C36H40O2. The smallest absolute Gasteiger partial charge is 0.134 e. The van der Waals surface area contributed by atoms with Gasteiger partial charge < -0.3 is 8.83 Å². The highest BCUT2D eigenvalue weighted by molar-refractivity contribution is 6.24. The van der Waals surface area contributed by atoms with Crippen molar-refractivity contribution in [1.29, 1.82) is 0 Å². The lowest BCUT2D eigenvalue weighted by atomic mass is 9.94. The minimum atomic E-state index is 1.00. The van der Waals surface area contributed by atoms with Gasteiger partial charge in [-0.3, -0.25) is 0 Å². The van der Waals surface area contributed by atoms with Crippen molar-refractivity contribution < 1.29 is 8.83 Å². The highest BCUT2D eigenvalue weighted by Gasteiger charge is 2.13. The Bertz CT molecular complexity index is 1570. The average molecular weight is 505 g/mol. The van der Waals surface area contributed by atoms with Gasteiger partial charge in [-0.1, -0.05) is 102 Å². The monoisotopic (exact) mass is 504 g/mol. The largest absolute Gasteiger partial charge is 0.461 e. The van der Waals surface area contributed by atoms with Crippen LogP contribution >= 0.6 is 0 Å². The summed E-state index contributed by atoms with van der Waals surface area (Å²) in [7, 11) is 0. The molecule has 4 aromatic carbocycles. The number of aryl methyl sites for hydroxylation is 2. The van der Waals surface area contributed by atoms with Crippen LogP contribution in [0.25, 0.3) is 54.3 Å². The third-order valence-electron chi connectivity index (χ3n) is 8.34. The molecule has 0 aliphatic rings. The Kier molecular flexibility index (Phi) is 7.40. The Labute approximate surface area is 226 Å². The van der Waals surface area contributed by atoms with Gasteiger partial charge in [0.25, 0.3) is 0 Å². The van der Waals surface area contributed by atoms with Crippen molar-refractivity contribution in [1.82, 2.24) is 0 Å². The molecule has 0 bridgehead atoms. The van der Waals surface area contributed by atoms with Crippen LogP contribution in [0.4, 0.5) is 0 Å². The highest BCUT2D eigenvalue weighted by atomic mass is 16.3. The van der Waals surface area contributed by atoms with Gasteiger partial charge in [0.05, 0.1) is 0 Å². The molecule has 0 spiro atoms. The SMILES string of the molecule is CCCCCCCc1cc2c(ccc3c2ccc2c4ccc5oc(CCCCCCC)cc5c4ccc32)o1. The molecule has 0 amide bonds. The molecule has 2 heteroatoms. The predicted molar refractivity (Wildman–Crippen MR) is 163 cm³/mol. The zero-order valence-corrected chi connectivity index (χ0v) is 23.1. The van der Waals surface area contributed by atoms with E-state index < -0.39 is 0 Å². The van der Waals surface area contributed by atoms with Crippen molar-refractivity contribution in [3.63, 3.8) is 0 Å². The fourth-order valence-electron chi connectivity index (χ4n) is 6.24. The van der Waals surface area contributed by atoms with Gasteiger partial charge in [0.1, 0.15) is 22.7 Å². The molecule has 38 heavy (non-hydrogen) atoms. The molecule has 2 aromatic heterocycles. The zero-order chi connectivity index (χ0) is 25.9. The van der Waals surface area contributed by atoms with E-state index in [1.807, 2.05) is 0 Å². The Morgan fingerprint density at radius 2 is 0.737 bits per heavy atom. The van der Waals surface area contributed by atoms with Crippen molar-refractivity contribution >= 4 is 54.3 Å². The predicted octanol–water partition coefficient (Wildman–Crippen LogP) is 11.7. The van der Waals surface area contributed by atoms with E-state index in [1.165, 1.54) is 107 Å². The van der Waals surface area contributed by atoms with Gasteiger partial charge in [-0.2, -0.15) is 0 Å². The Morgan fingerprint density at radius 1 is 0.395 bits per heavy atom. The van der Waals surface area contributed by atoms with Crippen molar-refractivity contribution in [3.05, 3.63) is 72.2 Å². The summed E-state index contributed by atoms with van der Waals surface area (Å²) in [5, 5.41) is 10.2. The Morgan fingerprint density at radius 3 is 1.13 bits per heavy atom. The first-order valence-corrected chi connectivity index (χ1v) is 15.0. The first kappa shape index (κ1) is 25.0. The number of hydrogen-bond acceptors (Lipinski definition) is 2. The summed E-state index contributed by atoms with van der Waals surface area (Å²) in [5.41, 5.74) is 2.01. The molecular weight excluding hydrogens is 464 g/mol. The van der Waals surface area contributed by atoms with Gasteiger partial charge in [0, 0.05) is 23.6 Å². The molecule has 0 saturated carbocycles. The normalized spacial score (nSPS) is 12.2. The molecule has 6 aromatic rings. The molecule has 2 heterocycles. The number of benzene rings is 4. The van der Waals surface area contributed by atoms with Crippen LogP contribution in [0, 0.1) is 0 Å². The zero-order valence-electron chi connectivity index (χ0n) is 23.1. The van der Waals surface area contributed by atoms with E-state index in [2.05, 4.69) is 74.5 Å². The summed E-state index contributed by atoms with van der Waals surface area (Å²) >= 11 is 0. The topological polar surface area (TPSA) is 26.3 Å². The quantitative estimate of drug-likeness (QED) is 0.122. The number of furan rings is 2. The first-order valence-electron chi connectivity index (χ1n) is 15.0. The van der Waals surface area contributed by atoms with Crippen LogP contribution in [0.3, 0.4) is 0 Å². The van der Waals surface area contributed by atoms with Gasteiger partial charge in [0.15, 0.2) is 0 Å². The molecule has 0 fully saturated rings. The summed E-state index contributed by atoms with van der Waals surface area (Å²) in [6.45, 7) is 4.53. The molecule has 2 nitrogen and oxygen atoms in total. The van der Waals surface area contributed by atoms with Crippen LogP contribution in [0.5, 0.6) is 0 Å². The molecule has 0 unspecified atom stereocenters. The van der Waals surface area contributed by atoms with E-state index in [9.17, 15) is 0 Å². The standard InChI is InChI=1S/C36H40O2/c1-3-5-7-9-11-13-25-23-33-31-17-15-28-27(29(31)19-21-35(33)37-25)16-18-32-30(28)20-22-36-34(32)24-26(38-36)14-12-10-8-6-4-2/h15-24H,3-14H2,1-2H3. The maximum Gasteiger partial charge on any atom is 0.134 e. The molecule has 0 aliphatic heterocycles. The van der Waals surface area contributed by atoms with E-state index in [4.69, 9.17) is 8.83 Å². The van der Waals surface area contributed by atoms with Crippen LogP contribution in [-0.2, 0) is 12.8 Å².